The van der Waals surface area contributed by atoms with Crippen LogP contribution in [-0.2, 0) is 4.79 Å². The summed E-state index contributed by atoms with van der Waals surface area (Å²) in [6.45, 7) is 3.63. The topological polar surface area (TPSA) is 89.4 Å². The highest BCUT2D eigenvalue weighted by Gasteiger charge is 2.22. The van der Waals surface area contributed by atoms with Crippen molar-refractivity contribution in [1.29, 1.82) is 0 Å². The zero-order valence-electron chi connectivity index (χ0n) is 11.4. The molecule has 1 heterocycles. The molecule has 0 saturated heterocycles. The SMILES string of the molecule is CC(C)N(CC(N)=O)C(=O)c1cc2cc(N)ccc2s1. The molecule has 2 rings (SSSR count). The fourth-order valence-electron chi connectivity index (χ4n) is 1.97. The Morgan fingerprint density at radius 3 is 2.60 bits per heavy atom. The van der Waals surface area contributed by atoms with Crippen molar-refractivity contribution in [2.75, 3.05) is 12.3 Å². The van der Waals surface area contributed by atoms with Gasteiger partial charge in [-0.3, -0.25) is 9.59 Å². The summed E-state index contributed by atoms with van der Waals surface area (Å²) in [7, 11) is 0. The largest absolute Gasteiger partial charge is 0.399 e. The molecule has 0 atom stereocenters. The first-order valence-electron chi connectivity index (χ1n) is 6.27. The highest BCUT2D eigenvalue weighted by molar-refractivity contribution is 7.20. The summed E-state index contributed by atoms with van der Waals surface area (Å²) >= 11 is 1.39. The van der Waals surface area contributed by atoms with Crippen molar-refractivity contribution < 1.29 is 9.59 Å². The van der Waals surface area contributed by atoms with Gasteiger partial charge in [0.1, 0.15) is 0 Å². The zero-order valence-corrected chi connectivity index (χ0v) is 12.2. The van der Waals surface area contributed by atoms with E-state index in [0.29, 0.717) is 10.6 Å². The number of nitrogens with two attached hydrogens (primary N) is 2. The van der Waals surface area contributed by atoms with Gasteiger partial charge in [0.05, 0.1) is 11.4 Å². The lowest BCUT2D eigenvalue weighted by molar-refractivity contribution is -0.119. The summed E-state index contributed by atoms with van der Waals surface area (Å²) < 4.78 is 0.991. The predicted molar refractivity (Wildman–Crippen MR) is 81.6 cm³/mol. The van der Waals surface area contributed by atoms with E-state index in [4.69, 9.17) is 11.5 Å². The minimum atomic E-state index is -0.516. The fraction of sp³-hybridized carbons (Fsp3) is 0.286. The number of carbonyl (C=O) groups excluding carboxylic acids is 2. The van der Waals surface area contributed by atoms with E-state index in [1.165, 1.54) is 16.2 Å². The standard InChI is InChI=1S/C14H17N3O2S/c1-8(2)17(7-13(16)18)14(19)12-6-9-5-10(15)3-4-11(9)20-12/h3-6,8H,7,15H2,1-2H3,(H2,16,18). The molecule has 0 aliphatic heterocycles. The Hall–Kier alpha value is -2.08. The molecular formula is C14H17N3O2S. The predicted octanol–water partition coefficient (Wildman–Crippen LogP) is 1.82. The Morgan fingerprint density at radius 2 is 2.00 bits per heavy atom. The lowest BCUT2D eigenvalue weighted by Crippen LogP contribution is -2.42. The van der Waals surface area contributed by atoms with Crippen molar-refractivity contribution in [3.63, 3.8) is 0 Å². The van der Waals surface area contributed by atoms with Crippen LogP contribution in [0.15, 0.2) is 24.3 Å². The zero-order chi connectivity index (χ0) is 14.9. The van der Waals surface area contributed by atoms with Gasteiger partial charge in [0.2, 0.25) is 5.91 Å². The molecule has 1 aromatic carbocycles. The van der Waals surface area contributed by atoms with Crippen molar-refractivity contribution in [1.82, 2.24) is 4.90 Å². The molecule has 106 valence electrons. The number of carbonyl (C=O) groups is 2. The first-order chi connectivity index (χ1) is 9.38. The molecule has 0 aliphatic rings. The maximum absolute atomic E-state index is 12.5. The lowest BCUT2D eigenvalue weighted by Gasteiger charge is -2.24. The van der Waals surface area contributed by atoms with E-state index >= 15 is 0 Å². The second kappa shape index (κ2) is 5.50. The smallest absolute Gasteiger partial charge is 0.264 e. The Kier molecular flexibility index (Phi) is 3.94. The van der Waals surface area contributed by atoms with E-state index in [-0.39, 0.29) is 18.5 Å². The molecule has 2 aromatic rings. The van der Waals surface area contributed by atoms with Gasteiger partial charge in [-0.25, -0.2) is 0 Å². The summed E-state index contributed by atoms with van der Waals surface area (Å²) in [5.41, 5.74) is 11.6. The lowest BCUT2D eigenvalue weighted by atomic mass is 10.2. The average Bonchev–Trinajstić information content (AvgIpc) is 2.77. The highest BCUT2D eigenvalue weighted by Crippen LogP contribution is 2.28. The number of nitrogen functional groups attached to an aromatic ring is 1. The molecule has 0 bridgehead atoms. The third-order valence-electron chi connectivity index (χ3n) is 2.96. The van der Waals surface area contributed by atoms with Crippen molar-refractivity contribution in [2.45, 2.75) is 19.9 Å². The van der Waals surface area contributed by atoms with Crippen LogP contribution < -0.4 is 11.5 Å². The number of nitrogens with zero attached hydrogens (tertiary/aromatic N) is 1. The van der Waals surface area contributed by atoms with Crippen molar-refractivity contribution >= 4 is 38.9 Å². The van der Waals surface area contributed by atoms with Gasteiger partial charge >= 0.3 is 0 Å². The van der Waals surface area contributed by atoms with Gasteiger partial charge < -0.3 is 16.4 Å². The molecule has 0 saturated carbocycles. The fourth-order valence-corrected chi connectivity index (χ4v) is 2.96. The van der Waals surface area contributed by atoms with E-state index in [9.17, 15) is 9.59 Å². The third-order valence-corrected chi connectivity index (χ3v) is 4.07. The number of thiophene rings is 1. The van der Waals surface area contributed by atoms with Crippen LogP contribution in [0.3, 0.4) is 0 Å². The first-order valence-corrected chi connectivity index (χ1v) is 7.08. The number of hydrogen-bond acceptors (Lipinski definition) is 4. The molecule has 2 amide bonds. The highest BCUT2D eigenvalue weighted by atomic mass is 32.1. The van der Waals surface area contributed by atoms with Crippen LogP contribution in [0.4, 0.5) is 5.69 Å². The molecular weight excluding hydrogens is 274 g/mol. The average molecular weight is 291 g/mol. The van der Waals surface area contributed by atoms with Crippen molar-refractivity contribution in [3.8, 4) is 0 Å². The minimum Gasteiger partial charge on any atom is -0.399 e. The monoisotopic (exact) mass is 291 g/mol. The molecule has 0 unspecified atom stereocenters. The molecule has 0 fully saturated rings. The summed E-state index contributed by atoms with van der Waals surface area (Å²) in [5, 5.41) is 0.932. The van der Waals surface area contributed by atoms with Crippen molar-refractivity contribution in [2.24, 2.45) is 5.73 Å². The number of hydrogen-bond donors (Lipinski definition) is 2. The molecule has 0 spiro atoms. The molecule has 1 aromatic heterocycles. The van der Waals surface area contributed by atoms with Crippen LogP contribution in [0.2, 0.25) is 0 Å². The van der Waals surface area contributed by atoms with Gasteiger partial charge in [0.25, 0.3) is 5.91 Å². The summed E-state index contributed by atoms with van der Waals surface area (Å²) in [6.07, 6.45) is 0. The van der Waals surface area contributed by atoms with Gasteiger partial charge in [-0.2, -0.15) is 0 Å². The van der Waals surface area contributed by atoms with E-state index in [1.54, 1.807) is 12.1 Å². The number of benzene rings is 1. The first kappa shape index (κ1) is 14.3. The Balaban J connectivity index is 2.35. The molecule has 0 radical (unpaired) electrons. The van der Waals surface area contributed by atoms with E-state index in [1.807, 2.05) is 26.0 Å². The van der Waals surface area contributed by atoms with Crippen LogP contribution >= 0.6 is 11.3 Å². The Labute approximate surface area is 121 Å². The molecule has 4 N–H and O–H groups in total. The summed E-state index contributed by atoms with van der Waals surface area (Å²) in [4.78, 5) is 25.6. The number of primary amides is 1. The summed E-state index contributed by atoms with van der Waals surface area (Å²) in [6, 6.07) is 7.23. The van der Waals surface area contributed by atoms with Gasteiger partial charge in [0, 0.05) is 16.4 Å². The van der Waals surface area contributed by atoms with Crippen molar-refractivity contribution in [3.05, 3.63) is 29.1 Å². The van der Waals surface area contributed by atoms with E-state index < -0.39 is 5.91 Å². The second-order valence-corrected chi connectivity index (χ2v) is 5.98. The summed E-state index contributed by atoms with van der Waals surface area (Å²) in [5.74, 6) is -0.698. The molecule has 20 heavy (non-hydrogen) atoms. The number of anilines is 1. The maximum atomic E-state index is 12.5. The van der Waals surface area contributed by atoms with Gasteiger partial charge in [-0.05, 0) is 43.5 Å². The van der Waals surface area contributed by atoms with E-state index in [0.717, 1.165) is 10.1 Å². The Morgan fingerprint density at radius 1 is 1.30 bits per heavy atom. The van der Waals surface area contributed by atoms with E-state index in [2.05, 4.69) is 0 Å². The number of rotatable bonds is 4. The third kappa shape index (κ3) is 2.91. The van der Waals surface area contributed by atoms with Crippen LogP contribution in [0.1, 0.15) is 23.5 Å². The molecule has 5 nitrogen and oxygen atoms in total. The number of amides is 2. The molecule has 0 aliphatic carbocycles. The quantitative estimate of drug-likeness (QED) is 0.842. The minimum absolute atomic E-state index is 0.0765. The molecule has 6 heteroatoms. The second-order valence-electron chi connectivity index (χ2n) is 4.90. The maximum Gasteiger partial charge on any atom is 0.264 e. The Bertz CT molecular complexity index is 663. The van der Waals surface area contributed by atoms with Crippen LogP contribution in [0, 0.1) is 0 Å². The van der Waals surface area contributed by atoms with Crippen LogP contribution in [0.25, 0.3) is 10.1 Å². The van der Waals surface area contributed by atoms with Crippen LogP contribution in [-0.4, -0.2) is 29.3 Å². The van der Waals surface area contributed by atoms with Gasteiger partial charge in [0.15, 0.2) is 0 Å². The van der Waals surface area contributed by atoms with Crippen LogP contribution in [0.5, 0.6) is 0 Å². The number of fused-ring (bicyclic) bond motifs is 1. The van der Waals surface area contributed by atoms with Gasteiger partial charge in [-0.1, -0.05) is 0 Å². The normalized spacial score (nSPS) is 10.9. The van der Waals surface area contributed by atoms with Gasteiger partial charge in [-0.15, -0.1) is 11.3 Å².